The molecule has 0 atom stereocenters. The first-order valence-electron chi connectivity index (χ1n) is 12.9. The van der Waals surface area contributed by atoms with Crippen molar-refractivity contribution in [1.29, 1.82) is 0 Å². The molecule has 205 valence electrons. The number of ketones is 1. The zero-order chi connectivity index (χ0) is 28.3. The van der Waals surface area contributed by atoms with Gasteiger partial charge in [-0.2, -0.15) is 0 Å². The first-order valence-corrected chi connectivity index (χ1v) is 13.6. The van der Waals surface area contributed by atoms with Gasteiger partial charge in [-0.3, -0.25) is 14.8 Å². The van der Waals surface area contributed by atoms with Gasteiger partial charge in [0, 0.05) is 89.7 Å². The van der Waals surface area contributed by atoms with Crippen LogP contribution in [-0.4, -0.2) is 20.9 Å². The first-order chi connectivity index (χ1) is 20.0. The molecule has 2 aromatic heterocycles. The van der Waals surface area contributed by atoms with E-state index in [2.05, 4.69) is 40.3 Å². The maximum Gasteiger partial charge on any atom is 0.189 e. The standard InChI is InChI=1S/C23H14Cl2O2.C12H8N2.Eu/c24-20-10-9-17(12-21(20)25)23(27)13-22(26)16-8-7-15-6-5-14-3-1-2-4-18(14)19(15)11-16;1-3-9-5-6-10-4-2-8-14-12(10)11(9)13-7-1;/h1-13,27H;1-8H;/b23-13-;;. The smallest absolute Gasteiger partial charge is 0.189 e. The minimum absolute atomic E-state index is 0. The Morgan fingerprint density at radius 3 is 1.81 bits per heavy atom. The quantitative estimate of drug-likeness (QED) is 0.0853. The molecule has 2 heterocycles. The van der Waals surface area contributed by atoms with Crippen LogP contribution in [-0.2, 0) is 0 Å². The van der Waals surface area contributed by atoms with Gasteiger partial charge in [0.05, 0.1) is 21.1 Å². The Kier molecular flexibility index (Phi) is 9.67. The third-order valence-electron chi connectivity index (χ3n) is 6.86. The molecule has 0 bridgehead atoms. The Balaban J connectivity index is 0.000000197. The van der Waals surface area contributed by atoms with Crippen molar-refractivity contribution in [2.45, 2.75) is 0 Å². The number of carbonyl (C=O) groups excluding carboxylic acids is 1. The normalized spacial score (nSPS) is 11.2. The van der Waals surface area contributed by atoms with E-state index in [1.165, 1.54) is 12.1 Å². The van der Waals surface area contributed by atoms with Crippen LogP contribution in [0.2, 0.25) is 10.0 Å². The number of benzene rings is 5. The monoisotopic (exact) mass is 725 g/mol. The predicted octanol–water partition coefficient (Wildman–Crippen LogP) is 9.86. The van der Waals surface area contributed by atoms with Crippen molar-refractivity contribution >= 4 is 78.1 Å². The van der Waals surface area contributed by atoms with Crippen LogP contribution in [0, 0.1) is 49.4 Å². The summed E-state index contributed by atoms with van der Waals surface area (Å²) < 4.78 is 0. The van der Waals surface area contributed by atoms with Crippen LogP contribution in [0.1, 0.15) is 15.9 Å². The molecule has 5 aromatic carbocycles. The zero-order valence-corrected chi connectivity index (χ0v) is 25.9. The van der Waals surface area contributed by atoms with Crippen LogP contribution >= 0.6 is 23.2 Å². The number of aromatic nitrogens is 2. The minimum atomic E-state index is -0.284. The number of rotatable bonds is 3. The van der Waals surface area contributed by atoms with Gasteiger partial charge in [0.15, 0.2) is 5.78 Å². The van der Waals surface area contributed by atoms with Crippen molar-refractivity contribution in [2.24, 2.45) is 0 Å². The van der Waals surface area contributed by atoms with Crippen LogP contribution < -0.4 is 0 Å². The number of hydrogen-bond donors (Lipinski definition) is 1. The maximum atomic E-state index is 12.7. The summed E-state index contributed by atoms with van der Waals surface area (Å²) in [6.45, 7) is 0. The topological polar surface area (TPSA) is 63.1 Å². The summed E-state index contributed by atoms with van der Waals surface area (Å²) in [5.41, 5.74) is 2.89. The van der Waals surface area contributed by atoms with E-state index in [-0.39, 0.29) is 60.9 Å². The first kappa shape index (κ1) is 30.3. The summed E-state index contributed by atoms with van der Waals surface area (Å²) in [5, 5.41) is 17.5. The van der Waals surface area contributed by atoms with Gasteiger partial charge < -0.3 is 5.11 Å². The van der Waals surface area contributed by atoms with E-state index in [1.54, 1.807) is 30.6 Å². The number of aliphatic hydroxyl groups is 1. The fraction of sp³-hybridized carbons (Fsp3) is 0. The van der Waals surface area contributed by atoms with Gasteiger partial charge in [-0.1, -0.05) is 96.0 Å². The summed E-state index contributed by atoms with van der Waals surface area (Å²) in [4.78, 5) is 21.4. The van der Waals surface area contributed by atoms with Gasteiger partial charge in [-0.15, -0.1) is 0 Å². The molecule has 7 aromatic rings. The van der Waals surface area contributed by atoms with E-state index in [9.17, 15) is 9.90 Å². The van der Waals surface area contributed by atoms with Gasteiger partial charge in [0.2, 0.25) is 0 Å². The van der Waals surface area contributed by atoms with Crippen molar-refractivity contribution in [3.05, 3.63) is 149 Å². The Morgan fingerprint density at radius 2 is 1.14 bits per heavy atom. The number of nitrogens with zero attached hydrogens (tertiary/aromatic N) is 2. The fourth-order valence-corrected chi connectivity index (χ4v) is 5.08. The molecule has 7 rings (SSSR count). The van der Waals surface area contributed by atoms with Crippen molar-refractivity contribution < 1.29 is 59.3 Å². The molecule has 0 amide bonds. The number of hydrogen-bond acceptors (Lipinski definition) is 4. The second kappa shape index (κ2) is 13.4. The molecule has 0 spiro atoms. The number of halogens is 2. The zero-order valence-electron chi connectivity index (χ0n) is 22.0. The van der Waals surface area contributed by atoms with Crippen molar-refractivity contribution in [2.75, 3.05) is 0 Å². The predicted molar refractivity (Wildman–Crippen MR) is 170 cm³/mol. The van der Waals surface area contributed by atoms with Crippen LogP contribution in [0.25, 0.3) is 49.1 Å². The van der Waals surface area contributed by atoms with Gasteiger partial charge in [-0.05, 0) is 57.9 Å². The van der Waals surface area contributed by atoms with Crippen LogP contribution in [0.3, 0.4) is 0 Å². The Morgan fingerprint density at radius 1 is 0.595 bits per heavy atom. The van der Waals surface area contributed by atoms with Gasteiger partial charge >= 0.3 is 0 Å². The summed E-state index contributed by atoms with van der Waals surface area (Å²) in [5.74, 6) is -0.440. The van der Waals surface area contributed by atoms with Crippen molar-refractivity contribution in [3.8, 4) is 0 Å². The van der Waals surface area contributed by atoms with Crippen molar-refractivity contribution in [1.82, 2.24) is 9.97 Å². The van der Waals surface area contributed by atoms with E-state index >= 15 is 0 Å². The fourth-order valence-electron chi connectivity index (χ4n) is 4.78. The molecule has 4 nitrogen and oxygen atoms in total. The van der Waals surface area contributed by atoms with E-state index in [1.807, 2.05) is 54.6 Å². The largest absolute Gasteiger partial charge is 0.507 e. The van der Waals surface area contributed by atoms with Crippen LogP contribution in [0.15, 0.2) is 128 Å². The molecule has 0 aliphatic rings. The van der Waals surface area contributed by atoms with Crippen LogP contribution in [0.4, 0.5) is 0 Å². The molecular formula is C35H22Cl2EuN2O2. The second-order valence-corrected chi connectivity index (χ2v) is 10.3. The molecule has 0 aliphatic carbocycles. The van der Waals surface area contributed by atoms with Gasteiger partial charge in [-0.25, -0.2) is 0 Å². The molecule has 0 saturated carbocycles. The third kappa shape index (κ3) is 6.41. The second-order valence-electron chi connectivity index (χ2n) is 9.46. The maximum absolute atomic E-state index is 12.7. The summed E-state index contributed by atoms with van der Waals surface area (Å²) in [6, 6.07) is 34.5. The average molecular weight is 725 g/mol. The summed E-state index contributed by atoms with van der Waals surface area (Å²) >= 11 is 11.9. The Bertz CT molecular complexity index is 2070. The number of fused-ring (bicyclic) bond motifs is 6. The van der Waals surface area contributed by atoms with E-state index in [0.29, 0.717) is 21.2 Å². The average Bonchev–Trinajstić information content (AvgIpc) is 3.02. The number of pyridine rings is 2. The Hall–Kier alpha value is -3.19. The van der Waals surface area contributed by atoms with E-state index in [0.717, 1.165) is 43.4 Å². The third-order valence-corrected chi connectivity index (χ3v) is 7.60. The molecule has 1 N–H and O–H groups in total. The summed E-state index contributed by atoms with van der Waals surface area (Å²) in [6.07, 6.45) is 4.80. The molecule has 0 fully saturated rings. The minimum Gasteiger partial charge on any atom is -0.507 e. The number of carbonyl (C=O) groups is 1. The summed E-state index contributed by atoms with van der Waals surface area (Å²) in [7, 11) is 0. The van der Waals surface area contributed by atoms with E-state index < -0.39 is 0 Å². The molecule has 42 heavy (non-hydrogen) atoms. The molecule has 0 saturated heterocycles. The van der Waals surface area contributed by atoms with Gasteiger partial charge in [0.25, 0.3) is 0 Å². The number of aliphatic hydroxyl groups excluding tert-OH is 1. The molecule has 1 radical (unpaired) electrons. The SMILES string of the molecule is O=C(/C=C(\O)c1ccc(Cl)c(Cl)c1)c1ccc2ccc3ccccc3c2c1.[Eu].c1cnc2c(c1)ccc1cccnc12. The molecule has 0 aliphatic heterocycles. The van der Waals surface area contributed by atoms with Crippen LogP contribution in [0.5, 0.6) is 0 Å². The molecule has 0 unspecified atom stereocenters. The molecular weight excluding hydrogens is 703 g/mol. The number of allylic oxidation sites excluding steroid dienone is 1. The van der Waals surface area contributed by atoms with Gasteiger partial charge in [0.1, 0.15) is 5.76 Å². The Labute approximate surface area is 293 Å². The van der Waals surface area contributed by atoms with Crippen molar-refractivity contribution in [3.63, 3.8) is 0 Å². The van der Waals surface area contributed by atoms with E-state index in [4.69, 9.17) is 23.2 Å². The molecule has 7 heteroatoms.